The van der Waals surface area contributed by atoms with E-state index < -0.39 is 0 Å². The molecule has 21 heavy (non-hydrogen) atoms. The van der Waals surface area contributed by atoms with Gasteiger partial charge in [-0.3, -0.25) is 4.79 Å². The fraction of sp³-hybridized carbons (Fsp3) is 0.278. The van der Waals surface area contributed by atoms with Crippen molar-refractivity contribution in [3.63, 3.8) is 0 Å². The molecule has 1 amide bonds. The first kappa shape index (κ1) is 13.8. The lowest BCUT2D eigenvalue weighted by atomic mass is 9.79. The molecular weight excluding hydrogens is 262 g/mol. The van der Waals surface area contributed by atoms with Crippen molar-refractivity contribution in [2.75, 3.05) is 11.5 Å². The van der Waals surface area contributed by atoms with Gasteiger partial charge in [-0.05, 0) is 30.5 Å². The number of β-lactam (4-membered cyclic amide) rings is 1. The van der Waals surface area contributed by atoms with Gasteiger partial charge in [-0.25, -0.2) is 0 Å². The number of nitrogens with zero attached hydrogens (tertiary/aromatic N) is 1. The Kier molecular flexibility index (Phi) is 4.02. The van der Waals surface area contributed by atoms with Gasteiger partial charge in [0, 0.05) is 12.3 Å². The zero-order valence-electron chi connectivity index (χ0n) is 11.9. The summed E-state index contributed by atoms with van der Waals surface area (Å²) in [4.78, 5) is 14.4. The lowest BCUT2D eigenvalue weighted by molar-refractivity contribution is -0.130. The van der Waals surface area contributed by atoms with Crippen LogP contribution in [0.3, 0.4) is 0 Å². The quantitative estimate of drug-likeness (QED) is 0.855. The molecule has 0 aromatic heterocycles. The molecule has 1 aliphatic rings. The van der Waals surface area contributed by atoms with Gasteiger partial charge in [-0.2, -0.15) is 0 Å². The molecule has 1 aliphatic heterocycles. The lowest BCUT2D eigenvalue weighted by Gasteiger charge is -2.47. The molecule has 3 heteroatoms. The third-order valence-corrected chi connectivity index (χ3v) is 4.06. The van der Waals surface area contributed by atoms with Crippen LogP contribution in [0.25, 0.3) is 0 Å². The summed E-state index contributed by atoms with van der Waals surface area (Å²) in [6, 6.07) is 20.0. The second kappa shape index (κ2) is 6.10. The molecule has 3 rings (SSSR count). The zero-order chi connectivity index (χ0) is 14.7. The molecule has 0 radical (unpaired) electrons. The van der Waals surface area contributed by atoms with E-state index in [2.05, 4.69) is 12.1 Å². The number of aliphatic hydroxyl groups excluding tert-OH is 1. The van der Waals surface area contributed by atoms with Gasteiger partial charge in [-0.1, -0.05) is 48.5 Å². The Bertz CT molecular complexity index is 597. The van der Waals surface area contributed by atoms with E-state index in [0.29, 0.717) is 6.42 Å². The molecule has 0 saturated carbocycles. The maximum absolute atomic E-state index is 12.5. The summed E-state index contributed by atoms with van der Waals surface area (Å²) in [5.41, 5.74) is 2.10. The average molecular weight is 281 g/mol. The average Bonchev–Trinajstić information content (AvgIpc) is 2.54. The highest BCUT2D eigenvalue weighted by molar-refractivity contribution is 6.03. The number of carbonyl (C=O) groups excluding carboxylic acids is 1. The summed E-state index contributed by atoms with van der Waals surface area (Å²) < 4.78 is 0. The number of anilines is 1. The van der Waals surface area contributed by atoms with Crippen LogP contribution in [0.1, 0.15) is 24.4 Å². The predicted octanol–water partition coefficient (Wildman–Crippen LogP) is 3.16. The number of hydrogen-bond donors (Lipinski definition) is 1. The van der Waals surface area contributed by atoms with E-state index in [1.165, 1.54) is 0 Å². The monoisotopic (exact) mass is 281 g/mol. The lowest BCUT2D eigenvalue weighted by Crippen LogP contribution is -2.55. The molecule has 1 N–H and O–H groups in total. The summed E-state index contributed by atoms with van der Waals surface area (Å²) in [7, 11) is 0. The second-order valence-electron chi connectivity index (χ2n) is 5.37. The van der Waals surface area contributed by atoms with Crippen molar-refractivity contribution in [2.45, 2.75) is 18.9 Å². The van der Waals surface area contributed by atoms with E-state index >= 15 is 0 Å². The van der Waals surface area contributed by atoms with Crippen LogP contribution in [0.15, 0.2) is 60.7 Å². The van der Waals surface area contributed by atoms with Gasteiger partial charge in [0.2, 0.25) is 5.91 Å². The topological polar surface area (TPSA) is 40.5 Å². The van der Waals surface area contributed by atoms with Gasteiger partial charge >= 0.3 is 0 Å². The fourth-order valence-electron chi connectivity index (χ4n) is 3.05. The SMILES string of the molecule is O=C1[C@H](CCCO)[C@H](c2ccccc2)N1c1ccccc1. The first-order valence-electron chi connectivity index (χ1n) is 7.37. The van der Waals surface area contributed by atoms with Gasteiger partial charge in [0.05, 0.1) is 12.0 Å². The van der Waals surface area contributed by atoms with E-state index in [9.17, 15) is 4.79 Å². The Morgan fingerprint density at radius 3 is 2.19 bits per heavy atom. The van der Waals surface area contributed by atoms with Crippen LogP contribution in [0.2, 0.25) is 0 Å². The number of benzene rings is 2. The summed E-state index contributed by atoms with van der Waals surface area (Å²) >= 11 is 0. The standard InChI is InChI=1S/C18H19NO2/c20-13-7-12-16-17(14-8-3-1-4-9-14)19(18(16)21)15-10-5-2-6-11-15/h1-6,8-11,16-17,20H,7,12-13H2/t16-,17+/m1/s1. The third kappa shape index (κ3) is 2.57. The number of carbonyl (C=O) groups is 1. The molecule has 2 aromatic rings. The van der Waals surface area contributed by atoms with E-state index in [1.807, 2.05) is 53.4 Å². The smallest absolute Gasteiger partial charge is 0.233 e. The first-order chi connectivity index (χ1) is 10.3. The Hall–Kier alpha value is -2.13. The molecule has 0 spiro atoms. The van der Waals surface area contributed by atoms with Crippen LogP contribution < -0.4 is 4.90 Å². The van der Waals surface area contributed by atoms with Crippen molar-refractivity contribution in [2.24, 2.45) is 5.92 Å². The molecule has 0 unspecified atom stereocenters. The van der Waals surface area contributed by atoms with Crippen molar-refractivity contribution in [3.8, 4) is 0 Å². The molecule has 1 heterocycles. The summed E-state index contributed by atoms with van der Waals surface area (Å²) in [6.45, 7) is 0.136. The van der Waals surface area contributed by atoms with Crippen molar-refractivity contribution in [3.05, 3.63) is 66.2 Å². The number of para-hydroxylation sites is 1. The highest BCUT2D eigenvalue weighted by atomic mass is 16.3. The molecular formula is C18H19NO2. The van der Waals surface area contributed by atoms with Crippen molar-refractivity contribution >= 4 is 11.6 Å². The summed E-state index contributed by atoms with van der Waals surface area (Å²) in [5, 5.41) is 9.04. The van der Waals surface area contributed by atoms with Gasteiger partial charge in [0.25, 0.3) is 0 Å². The van der Waals surface area contributed by atoms with E-state index in [0.717, 1.165) is 17.7 Å². The third-order valence-electron chi connectivity index (χ3n) is 4.06. The van der Waals surface area contributed by atoms with Gasteiger partial charge in [-0.15, -0.1) is 0 Å². The van der Waals surface area contributed by atoms with Gasteiger partial charge < -0.3 is 10.0 Å². The van der Waals surface area contributed by atoms with Crippen LogP contribution in [-0.4, -0.2) is 17.6 Å². The molecule has 2 atom stereocenters. The Balaban J connectivity index is 1.91. The maximum Gasteiger partial charge on any atom is 0.233 e. The van der Waals surface area contributed by atoms with Crippen LogP contribution >= 0.6 is 0 Å². The fourth-order valence-corrected chi connectivity index (χ4v) is 3.05. The van der Waals surface area contributed by atoms with E-state index in [4.69, 9.17) is 5.11 Å². The largest absolute Gasteiger partial charge is 0.396 e. The number of hydrogen-bond acceptors (Lipinski definition) is 2. The minimum atomic E-state index is -0.0280. The Morgan fingerprint density at radius 1 is 0.952 bits per heavy atom. The highest BCUT2D eigenvalue weighted by Gasteiger charge is 2.47. The van der Waals surface area contributed by atoms with Gasteiger partial charge in [0.1, 0.15) is 0 Å². The Labute approximate surface area is 124 Å². The number of amides is 1. The number of aliphatic hydroxyl groups is 1. The Morgan fingerprint density at radius 2 is 1.57 bits per heavy atom. The maximum atomic E-state index is 12.5. The van der Waals surface area contributed by atoms with E-state index in [-0.39, 0.29) is 24.5 Å². The molecule has 0 bridgehead atoms. The zero-order valence-corrected chi connectivity index (χ0v) is 11.9. The number of rotatable bonds is 5. The van der Waals surface area contributed by atoms with Crippen LogP contribution in [-0.2, 0) is 4.79 Å². The second-order valence-corrected chi connectivity index (χ2v) is 5.37. The van der Waals surface area contributed by atoms with E-state index in [1.54, 1.807) is 0 Å². The molecule has 1 saturated heterocycles. The van der Waals surface area contributed by atoms with Crippen LogP contribution in [0, 0.1) is 5.92 Å². The summed E-state index contributed by atoms with van der Waals surface area (Å²) in [6.07, 6.45) is 1.40. The van der Waals surface area contributed by atoms with Gasteiger partial charge in [0.15, 0.2) is 0 Å². The molecule has 1 fully saturated rings. The van der Waals surface area contributed by atoms with Crippen LogP contribution in [0.5, 0.6) is 0 Å². The predicted molar refractivity (Wildman–Crippen MR) is 82.9 cm³/mol. The highest BCUT2D eigenvalue weighted by Crippen LogP contribution is 2.45. The minimum absolute atomic E-state index is 0.0280. The van der Waals surface area contributed by atoms with Crippen molar-refractivity contribution in [1.29, 1.82) is 0 Å². The minimum Gasteiger partial charge on any atom is -0.396 e. The molecule has 0 aliphatic carbocycles. The van der Waals surface area contributed by atoms with Crippen molar-refractivity contribution in [1.82, 2.24) is 0 Å². The summed E-state index contributed by atoms with van der Waals surface area (Å²) in [5.74, 6) is 0.128. The normalized spacial score (nSPS) is 21.2. The molecule has 108 valence electrons. The molecule has 2 aromatic carbocycles. The molecule has 3 nitrogen and oxygen atoms in total. The first-order valence-corrected chi connectivity index (χ1v) is 7.37. The van der Waals surface area contributed by atoms with Crippen LogP contribution in [0.4, 0.5) is 5.69 Å². The van der Waals surface area contributed by atoms with Crippen molar-refractivity contribution < 1.29 is 9.90 Å².